The van der Waals surface area contributed by atoms with Gasteiger partial charge in [-0.25, -0.2) is 0 Å². The molecule has 2 unspecified atom stereocenters. The molecule has 19 heavy (non-hydrogen) atoms. The third kappa shape index (κ3) is 3.80. The average molecular weight is 261 g/mol. The highest BCUT2D eigenvalue weighted by Gasteiger charge is 2.23. The first-order chi connectivity index (χ1) is 9.00. The van der Waals surface area contributed by atoms with Crippen LogP contribution in [0.3, 0.4) is 0 Å². The van der Waals surface area contributed by atoms with Crippen LogP contribution in [0.25, 0.3) is 0 Å². The monoisotopic (exact) mass is 261 g/mol. The summed E-state index contributed by atoms with van der Waals surface area (Å²) < 4.78 is 5.93. The quantitative estimate of drug-likeness (QED) is 0.893. The predicted molar refractivity (Wildman–Crippen MR) is 80.5 cm³/mol. The van der Waals surface area contributed by atoms with Crippen LogP contribution in [-0.2, 0) is 10.2 Å². The van der Waals surface area contributed by atoms with Crippen molar-refractivity contribution in [1.82, 2.24) is 5.32 Å². The van der Waals surface area contributed by atoms with E-state index >= 15 is 0 Å². The normalized spacial score (nSPS) is 24.4. The van der Waals surface area contributed by atoms with Crippen molar-refractivity contribution in [1.29, 1.82) is 0 Å². The molecule has 1 heterocycles. The van der Waals surface area contributed by atoms with Crippen molar-refractivity contribution in [2.24, 2.45) is 0 Å². The van der Waals surface area contributed by atoms with Crippen molar-refractivity contribution in [3.63, 3.8) is 0 Å². The first kappa shape index (κ1) is 14.5. The standard InChI is InChI=1S/C17H27NO/c1-5-18-15-10-11-19-16(12-15)13-6-8-14(9-7-13)17(2,3)4/h6-9,15-16,18H,5,10-12H2,1-4H3. The van der Waals surface area contributed by atoms with Gasteiger partial charge in [0.2, 0.25) is 0 Å². The molecule has 2 nitrogen and oxygen atoms in total. The molecule has 1 saturated heterocycles. The van der Waals surface area contributed by atoms with Gasteiger partial charge in [0, 0.05) is 12.6 Å². The van der Waals surface area contributed by atoms with Crippen LogP contribution in [0.5, 0.6) is 0 Å². The molecule has 1 N–H and O–H groups in total. The fourth-order valence-electron chi connectivity index (χ4n) is 2.70. The maximum absolute atomic E-state index is 5.93. The zero-order valence-corrected chi connectivity index (χ0v) is 12.7. The van der Waals surface area contributed by atoms with Gasteiger partial charge in [0.25, 0.3) is 0 Å². The fraction of sp³-hybridized carbons (Fsp3) is 0.647. The SMILES string of the molecule is CCNC1CCOC(c2ccc(C(C)(C)C)cc2)C1. The summed E-state index contributed by atoms with van der Waals surface area (Å²) in [6, 6.07) is 9.57. The van der Waals surface area contributed by atoms with Crippen LogP contribution >= 0.6 is 0 Å². The Kier molecular flexibility index (Phi) is 4.64. The molecule has 2 heteroatoms. The molecule has 106 valence electrons. The van der Waals surface area contributed by atoms with Crippen molar-refractivity contribution in [3.05, 3.63) is 35.4 Å². The Hall–Kier alpha value is -0.860. The molecule has 0 aromatic heterocycles. The molecular formula is C17H27NO. The second-order valence-corrected chi connectivity index (χ2v) is 6.51. The first-order valence-corrected chi connectivity index (χ1v) is 7.46. The van der Waals surface area contributed by atoms with E-state index in [0.717, 1.165) is 26.0 Å². The van der Waals surface area contributed by atoms with Crippen molar-refractivity contribution < 1.29 is 4.74 Å². The first-order valence-electron chi connectivity index (χ1n) is 7.46. The smallest absolute Gasteiger partial charge is 0.0839 e. The van der Waals surface area contributed by atoms with Crippen molar-refractivity contribution in [3.8, 4) is 0 Å². The van der Waals surface area contributed by atoms with Gasteiger partial charge < -0.3 is 10.1 Å². The summed E-state index contributed by atoms with van der Waals surface area (Å²) in [6.45, 7) is 10.8. The Morgan fingerprint density at radius 2 is 1.89 bits per heavy atom. The molecule has 1 aliphatic rings. The van der Waals surface area contributed by atoms with Crippen LogP contribution in [0.1, 0.15) is 57.8 Å². The summed E-state index contributed by atoms with van der Waals surface area (Å²) in [6.07, 6.45) is 2.47. The zero-order chi connectivity index (χ0) is 13.9. The number of benzene rings is 1. The van der Waals surface area contributed by atoms with Crippen LogP contribution in [-0.4, -0.2) is 19.2 Å². The van der Waals surface area contributed by atoms with Crippen LogP contribution in [0, 0.1) is 0 Å². The van der Waals surface area contributed by atoms with E-state index in [1.807, 2.05) is 0 Å². The third-order valence-corrected chi connectivity index (χ3v) is 3.93. The molecule has 1 aliphatic heterocycles. The minimum absolute atomic E-state index is 0.220. The number of nitrogens with one attached hydrogen (secondary N) is 1. The van der Waals surface area contributed by atoms with E-state index in [2.05, 4.69) is 57.3 Å². The van der Waals surface area contributed by atoms with Gasteiger partial charge in [-0.15, -0.1) is 0 Å². The zero-order valence-electron chi connectivity index (χ0n) is 12.7. The van der Waals surface area contributed by atoms with Crippen LogP contribution in [0.2, 0.25) is 0 Å². The lowest BCUT2D eigenvalue weighted by atomic mass is 9.86. The molecule has 1 aromatic rings. The van der Waals surface area contributed by atoms with Crippen molar-refractivity contribution in [2.45, 2.75) is 58.1 Å². The summed E-state index contributed by atoms with van der Waals surface area (Å²) >= 11 is 0. The molecule has 0 saturated carbocycles. The van der Waals surface area contributed by atoms with Gasteiger partial charge in [-0.3, -0.25) is 0 Å². The van der Waals surface area contributed by atoms with Gasteiger partial charge in [0.05, 0.1) is 6.10 Å². The molecular weight excluding hydrogens is 234 g/mol. The fourth-order valence-corrected chi connectivity index (χ4v) is 2.70. The molecule has 1 fully saturated rings. The van der Waals surface area contributed by atoms with E-state index in [0.29, 0.717) is 6.04 Å². The number of ether oxygens (including phenoxy) is 1. The molecule has 0 aliphatic carbocycles. The number of hydrogen-bond acceptors (Lipinski definition) is 2. The van der Waals surface area contributed by atoms with Crippen LogP contribution in [0.4, 0.5) is 0 Å². The van der Waals surface area contributed by atoms with E-state index in [1.54, 1.807) is 0 Å². The van der Waals surface area contributed by atoms with E-state index in [1.165, 1.54) is 11.1 Å². The van der Waals surface area contributed by atoms with Gasteiger partial charge in [0.15, 0.2) is 0 Å². The maximum Gasteiger partial charge on any atom is 0.0839 e. The highest BCUT2D eigenvalue weighted by molar-refractivity contribution is 5.29. The van der Waals surface area contributed by atoms with Gasteiger partial charge in [-0.05, 0) is 35.9 Å². The number of rotatable bonds is 3. The van der Waals surface area contributed by atoms with E-state index < -0.39 is 0 Å². The topological polar surface area (TPSA) is 21.3 Å². The minimum Gasteiger partial charge on any atom is -0.373 e. The summed E-state index contributed by atoms with van der Waals surface area (Å²) in [4.78, 5) is 0. The number of hydrogen-bond donors (Lipinski definition) is 1. The summed E-state index contributed by atoms with van der Waals surface area (Å²) in [5.41, 5.74) is 2.92. The molecule has 0 spiro atoms. The minimum atomic E-state index is 0.220. The van der Waals surface area contributed by atoms with Crippen LogP contribution < -0.4 is 5.32 Å². The van der Waals surface area contributed by atoms with Gasteiger partial charge in [0.1, 0.15) is 0 Å². The Balaban J connectivity index is 2.05. The lowest BCUT2D eigenvalue weighted by Crippen LogP contribution is -2.35. The Bertz CT molecular complexity index is 389. The van der Waals surface area contributed by atoms with Crippen molar-refractivity contribution in [2.75, 3.05) is 13.2 Å². The second kappa shape index (κ2) is 6.06. The summed E-state index contributed by atoms with van der Waals surface area (Å²) in [5.74, 6) is 0. The average Bonchev–Trinajstić information content (AvgIpc) is 2.39. The van der Waals surface area contributed by atoms with Crippen LogP contribution in [0.15, 0.2) is 24.3 Å². The Morgan fingerprint density at radius 3 is 2.47 bits per heavy atom. The van der Waals surface area contributed by atoms with Gasteiger partial charge in [-0.1, -0.05) is 52.0 Å². The largest absolute Gasteiger partial charge is 0.373 e. The van der Waals surface area contributed by atoms with E-state index in [-0.39, 0.29) is 11.5 Å². The molecule has 0 radical (unpaired) electrons. The molecule has 1 aromatic carbocycles. The third-order valence-electron chi connectivity index (χ3n) is 3.93. The summed E-state index contributed by atoms with van der Waals surface area (Å²) in [5, 5.41) is 3.54. The molecule has 2 atom stereocenters. The highest BCUT2D eigenvalue weighted by atomic mass is 16.5. The maximum atomic E-state index is 5.93. The molecule has 0 bridgehead atoms. The summed E-state index contributed by atoms with van der Waals surface area (Å²) in [7, 11) is 0. The second-order valence-electron chi connectivity index (χ2n) is 6.51. The lowest BCUT2D eigenvalue weighted by molar-refractivity contribution is 0.000579. The Labute approximate surface area is 117 Å². The van der Waals surface area contributed by atoms with E-state index in [4.69, 9.17) is 4.74 Å². The molecule has 2 rings (SSSR count). The predicted octanol–water partition coefficient (Wildman–Crippen LogP) is 3.81. The van der Waals surface area contributed by atoms with Crippen molar-refractivity contribution >= 4 is 0 Å². The van der Waals surface area contributed by atoms with Gasteiger partial charge >= 0.3 is 0 Å². The van der Waals surface area contributed by atoms with Gasteiger partial charge in [-0.2, -0.15) is 0 Å². The van der Waals surface area contributed by atoms with E-state index in [9.17, 15) is 0 Å². The molecule has 0 amide bonds. The lowest BCUT2D eigenvalue weighted by Gasteiger charge is -2.30. The Morgan fingerprint density at radius 1 is 1.21 bits per heavy atom. The highest BCUT2D eigenvalue weighted by Crippen LogP contribution is 2.30.